The predicted molar refractivity (Wildman–Crippen MR) is 128 cm³/mol. The van der Waals surface area contributed by atoms with Crippen LogP contribution in [0.25, 0.3) is 0 Å². The number of halogens is 1. The van der Waals surface area contributed by atoms with Crippen LogP contribution in [0.15, 0.2) is 45.8 Å². The van der Waals surface area contributed by atoms with Gasteiger partial charge in [0.15, 0.2) is 5.96 Å². The highest BCUT2D eigenvalue weighted by atomic mass is 127. The molecule has 6 nitrogen and oxygen atoms in total. The minimum atomic E-state index is 0. The normalized spacial score (nSPS) is 16.2. The highest BCUT2D eigenvalue weighted by Crippen LogP contribution is 2.23. The molecule has 1 saturated heterocycles. The van der Waals surface area contributed by atoms with Crippen molar-refractivity contribution in [3.63, 3.8) is 0 Å². The largest absolute Gasteiger partial charge is 0.465 e. The van der Waals surface area contributed by atoms with Gasteiger partial charge >= 0.3 is 0 Å². The monoisotopic (exact) mass is 512 g/mol. The van der Waals surface area contributed by atoms with Crippen molar-refractivity contribution in [3.8, 4) is 0 Å². The van der Waals surface area contributed by atoms with E-state index in [1.165, 1.54) is 11.1 Å². The number of rotatable bonds is 7. The first-order valence-corrected chi connectivity index (χ1v) is 10.1. The third kappa shape index (κ3) is 7.31. The number of nitrogens with zero attached hydrogens (tertiary/aromatic N) is 2. The van der Waals surface area contributed by atoms with Crippen LogP contribution in [0.3, 0.4) is 0 Å². The van der Waals surface area contributed by atoms with E-state index in [1.54, 1.807) is 0 Å². The molecule has 1 unspecified atom stereocenters. The second kappa shape index (κ2) is 12.2. The molecule has 0 amide bonds. The Morgan fingerprint density at radius 2 is 1.93 bits per heavy atom. The SMILES string of the molecule is CCNC(=NCc1cccc(C)c1)NCC(c1ccc(C)o1)N1CCOCC1.I. The topological polar surface area (TPSA) is 62.0 Å². The summed E-state index contributed by atoms with van der Waals surface area (Å²) in [7, 11) is 0. The second-order valence-corrected chi connectivity index (χ2v) is 7.18. The summed E-state index contributed by atoms with van der Waals surface area (Å²) in [6.07, 6.45) is 0. The van der Waals surface area contributed by atoms with E-state index in [2.05, 4.69) is 59.7 Å². The number of hydrogen-bond donors (Lipinski definition) is 2. The van der Waals surface area contributed by atoms with Crippen molar-refractivity contribution in [2.45, 2.75) is 33.4 Å². The molecular weight excluding hydrogens is 479 g/mol. The summed E-state index contributed by atoms with van der Waals surface area (Å²) in [5.41, 5.74) is 2.47. The molecule has 1 aromatic carbocycles. The fraction of sp³-hybridized carbons (Fsp3) is 0.500. The van der Waals surface area contributed by atoms with Crippen LogP contribution >= 0.6 is 24.0 Å². The summed E-state index contributed by atoms with van der Waals surface area (Å²) in [5.74, 6) is 2.75. The number of furan rings is 1. The standard InChI is InChI=1S/C22H32N4O2.HI/c1-4-23-22(24-15-19-7-5-6-17(2)14-19)25-16-20(21-9-8-18(3)28-21)26-10-12-27-13-11-26;/h5-9,14,20H,4,10-13,15-16H2,1-3H3,(H2,23,24,25);1H. The van der Waals surface area contributed by atoms with Gasteiger partial charge in [-0.15, -0.1) is 24.0 Å². The van der Waals surface area contributed by atoms with Crippen molar-refractivity contribution in [1.82, 2.24) is 15.5 Å². The molecule has 1 aliphatic heterocycles. The Kier molecular flexibility index (Phi) is 9.96. The Morgan fingerprint density at radius 3 is 2.59 bits per heavy atom. The molecule has 2 heterocycles. The fourth-order valence-corrected chi connectivity index (χ4v) is 3.45. The van der Waals surface area contributed by atoms with Crippen LogP contribution in [0.1, 0.15) is 35.6 Å². The lowest BCUT2D eigenvalue weighted by Gasteiger charge is -2.33. The third-order valence-corrected chi connectivity index (χ3v) is 4.89. The molecule has 1 atom stereocenters. The number of guanidine groups is 1. The average Bonchev–Trinajstić information content (AvgIpc) is 3.13. The molecule has 3 rings (SSSR count). The van der Waals surface area contributed by atoms with E-state index in [4.69, 9.17) is 14.1 Å². The molecular formula is C22H33IN4O2. The van der Waals surface area contributed by atoms with Crippen LogP contribution in [0.2, 0.25) is 0 Å². The molecule has 1 aliphatic rings. The Bertz CT molecular complexity index is 772. The average molecular weight is 512 g/mol. The zero-order valence-corrected chi connectivity index (χ0v) is 19.9. The Balaban J connectivity index is 0.00000300. The molecule has 160 valence electrons. The maximum Gasteiger partial charge on any atom is 0.191 e. The van der Waals surface area contributed by atoms with Crippen LogP contribution in [0.4, 0.5) is 0 Å². The maximum atomic E-state index is 5.95. The van der Waals surface area contributed by atoms with Gasteiger partial charge in [-0.25, -0.2) is 4.99 Å². The van der Waals surface area contributed by atoms with E-state index < -0.39 is 0 Å². The number of nitrogens with one attached hydrogen (secondary N) is 2. The molecule has 2 N–H and O–H groups in total. The van der Waals surface area contributed by atoms with Crippen LogP contribution in [-0.4, -0.2) is 50.3 Å². The van der Waals surface area contributed by atoms with Gasteiger partial charge in [0.25, 0.3) is 0 Å². The van der Waals surface area contributed by atoms with E-state index >= 15 is 0 Å². The molecule has 29 heavy (non-hydrogen) atoms. The molecule has 0 aliphatic carbocycles. The van der Waals surface area contributed by atoms with Gasteiger partial charge in [0.05, 0.1) is 25.8 Å². The van der Waals surface area contributed by atoms with Crippen LogP contribution in [0, 0.1) is 13.8 Å². The highest BCUT2D eigenvalue weighted by Gasteiger charge is 2.25. The lowest BCUT2D eigenvalue weighted by atomic mass is 10.1. The van der Waals surface area contributed by atoms with Gasteiger partial charge in [0, 0.05) is 26.2 Å². The predicted octanol–water partition coefficient (Wildman–Crippen LogP) is 3.64. The minimum Gasteiger partial charge on any atom is -0.465 e. The maximum absolute atomic E-state index is 5.95. The molecule has 0 bridgehead atoms. The zero-order valence-electron chi connectivity index (χ0n) is 17.6. The van der Waals surface area contributed by atoms with E-state index in [-0.39, 0.29) is 30.0 Å². The third-order valence-electron chi connectivity index (χ3n) is 4.89. The quantitative estimate of drug-likeness (QED) is 0.337. The second-order valence-electron chi connectivity index (χ2n) is 7.18. The zero-order chi connectivity index (χ0) is 19.8. The van der Waals surface area contributed by atoms with Gasteiger partial charge in [-0.2, -0.15) is 0 Å². The number of aliphatic imine (C=N–C) groups is 1. The summed E-state index contributed by atoms with van der Waals surface area (Å²) < 4.78 is 11.5. The van der Waals surface area contributed by atoms with Crippen molar-refractivity contribution in [1.29, 1.82) is 0 Å². The first kappa shape index (κ1) is 23.7. The molecule has 0 radical (unpaired) electrons. The minimum absolute atomic E-state index is 0. The van der Waals surface area contributed by atoms with Crippen molar-refractivity contribution in [2.75, 3.05) is 39.4 Å². The molecule has 7 heteroatoms. The number of ether oxygens (including phenoxy) is 1. The molecule has 1 fully saturated rings. The summed E-state index contributed by atoms with van der Waals surface area (Å²) in [4.78, 5) is 7.18. The van der Waals surface area contributed by atoms with E-state index in [1.807, 2.05) is 13.0 Å². The highest BCUT2D eigenvalue weighted by molar-refractivity contribution is 14.0. The van der Waals surface area contributed by atoms with Crippen molar-refractivity contribution >= 4 is 29.9 Å². The Morgan fingerprint density at radius 1 is 1.14 bits per heavy atom. The Labute approximate surface area is 191 Å². The van der Waals surface area contributed by atoms with Crippen molar-refractivity contribution < 1.29 is 9.15 Å². The van der Waals surface area contributed by atoms with Gasteiger partial charge in [-0.1, -0.05) is 29.8 Å². The van der Waals surface area contributed by atoms with Crippen LogP contribution in [0.5, 0.6) is 0 Å². The summed E-state index contributed by atoms with van der Waals surface area (Å²) in [6.45, 7) is 11.7. The lowest BCUT2D eigenvalue weighted by molar-refractivity contribution is 0.0124. The van der Waals surface area contributed by atoms with Gasteiger partial charge in [-0.3, -0.25) is 4.90 Å². The summed E-state index contributed by atoms with van der Waals surface area (Å²) >= 11 is 0. The van der Waals surface area contributed by atoms with E-state index in [0.29, 0.717) is 6.54 Å². The van der Waals surface area contributed by atoms with E-state index in [9.17, 15) is 0 Å². The van der Waals surface area contributed by atoms with E-state index in [0.717, 1.165) is 56.9 Å². The van der Waals surface area contributed by atoms with Gasteiger partial charge in [-0.05, 0) is 38.5 Å². The Hall–Kier alpha value is -1.58. The van der Waals surface area contributed by atoms with Crippen molar-refractivity contribution in [2.24, 2.45) is 4.99 Å². The first-order valence-electron chi connectivity index (χ1n) is 10.1. The van der Waals surface area contributed by atoms with Gasteiger partial charge in [0.1, 0.15) is 11.5 Å². The van der Waals surface area contributed by atoms with Crippen LogP contribution in [-0.2, 0) is 11.3 Å². The van der Waals surface area contributed by atoms with Crippen LogP contribution < -0.4 is 10.6 Å². The molecule has 0 saturated carbocycles. The number of aryl methyl sites for hydroxylation is 2. The number of morpholine rings is 1. The van der Waals surface area contributed by atoms with Gasteiger partial charge in [0.2, 0.25) is 0 Å². The summed E-state index contributed by atoms with van der Waals surface area (Å²) in [6, 6.07) is 12.7. The summed E-state index contributed by atoms with van der Waals surface area (Å²) in [5, 5.41) is 6.85. The molecule has 0 spiro atoms. The van der Waals surface area contributed by atoms with Crippen molar-refractivity contribution in [3.05, 3.63) is 59.0 Å². The number of hydrogen-bond acceptors (Lipinski definition) is 4. The lowest BCUT2D eigenvalue weighted by Crippen LogP contribution is -2.46. The first-order chi connectivity index (χ1) is 13.7. The molecule has 2 aromatic rings. The molecule has 1 aromatic heterocycles. The number of benzene rings is 1. The van der Waals surface area contributed by atoms with Gasteiger partial charge < -0.3 is 19.8 Å². The fourth-order valence-electron chi connectivity index (χ4n) is 3.45. The smallest absolute Gasteiger partial charge is 0.191 e.